The molecule has 0 aromatic rings. The van der Waals surface area contributed by atoms with Crippen LogP contribution in [0.1, 0.15) is 47.0 Å². The fourth-order valence-electron chi connectivity index (χ4n) is 2.23. The fraction of sp³-hybridized carbons (Fsp3) is 0.857. The van der Waals surface area contributed by atoms with Crippen molar-refractivity contribution >= 4 is 6.09 Å². The molecule has 0 aliphatic carbocycles. The second-order valence-electron chi connectivity index (χ2n) is 6.18. The van der Waals surface area contributed by atoms with E-state index in [-0.39, 0.29) is 12.0 Å². The van der Waals surface area contributed by atoms with Crippen molar-refractivity contribution in [3.05, 3.63) is 0 Å². The Bertz CT molecular complexity index is 320. The molecule has 0 radical (unpaired) electrons. The number of carbonyl (C=O) groups is 1. The molecule has 0 N–H and O–H groups in total. The van der Waals surface area contributed by atoms with Crippen LogP contribution in [0, 0.1) is 23.2 Å². The topological polar surface area (TPSA) is 53.3 Å². The Balaban J connectivity index is 2.35. The van der Waals surface area contributed by atoms with Crippen LogP contribution in [-0.4, -0.2) is 29.7 Å². The second kappa shape index (κ2) is 6.08. The van der Waals surface area contributed by atoms with Gasteiger partial charge in [-0.1, -0.05) is 0 Å². The molecule has 1 aliphatic heterocycles. The Morgan fingerprint density at radius 2 is 2.00 bits per heavy atom. The minimum atomic E-state index is -0.427. The molecule has 102 valence electrons. The molecule has 18 heavy (non-hydrogen) atoms. The number of hydrogen-bond donors (Lipinski definition) is 0. The summed E-state index contributed by atoms with van der Waals surface area (Å²) < 4.78 is 5.35. The Labute approximate surface area is 110 Å². The van der Waals surface area contributed by atoms with E-state index in [1.165, 1.54) is 0 Å². The van der Waals surface area contributed by atoms with Crippen LogP contribution in [-0.2, 0) is 4.74 Å². The van der Waals surface area contributed by atoms with E-state index in [1.807, 2.05) is 27.7 Å². The maximum atomic E-state index is 11.9. The summed E-state index contributed by atoms with van der Waals surface area (Å²) in [4.78, 5) is 13.6. The maximum absolute atomic E-state index is 11.9. The molecule has 4 nitrogen and oxygen atoms in total. The molecule has 1 fully saturated rings. The van der Waals surface area contributed by atoms with Crippen LogP contribution in [0.15, 0.2) is 0 Å². The first-order valence-corrected chi connectivity index (χ1v) is 6.69. The highest BCUT2D eigenvalue weighted by Gasteiger charge is 2.27. The molecule has 0 aromatic heterocycles. The van der Waals surface area contributed by atoms with Gasteiger partial charge in [0.25, 0.3) is 0 Å². The first kappa shape index (κ1) is 14.8. The van der Waals surface area contributed by atoms with Gasteiger partial charge in [-0.05, 0) is 52.9 Å². The summed E-state index contributed by atoms with van der Waals surface area (Å²) in [5, 5.41) is 8.80. The Morgan fingerprint density at radius 1 is 1.44 bits per heavy atom. The SMILES string of the molecule is C[C@H](C#N)CC1CCN(C(=O)OC(C)(C)C)CC1. The molecule has 1 heterocycles. The summed E-state index contributed by atoms with van der Waals surface area (Å²) in [7, 11) is 0. The number of hydrogen-bond acceptors (Lipinski definition) is 3. The minimum absolute atomic E-state index is 0.114. The normalized spacial score (nSPS) is 19.2. The molecular weight excluding hydrogens is 228 g/mol. The van der Waals surface area contributed by atoms with Gasteiger partial charge in [-0.25, -0.2) is 4.79 Å². The van der Waals surface area contributed by atoms with E-state index in [0.29, 0.717) is 5.92 Å². The largest absolute Gasteiger partial charge is 0.444 e. The van der Waals surface area contributed by atoms with E-state index in [0.717, 1.165) is 32.4 Å². The van der Waals surface area contributed by atoms with Gasteiger partial charge >= 0.3 is 6.09 Å². The molecule has 1 amide bonds. The summed E-state index contributed by atoms with van der Waals surface area (Å²) in [5.74, 6) is 0.682. The van der Waals surface area contributed by atoms with Crippen LogP contribution >= 0.6 is 0 Å². The highest BCUT2D eigenvalue weighted by atomic mass is 16.6. The summed E-state index contributed by atoms with van der Waals surface area (Å²) in [5.41, 5.74) is -0.427. The van der Waals surface area contributed by atoms with Gasteiger partial charge in [-0.15, -0.1) is 0 Å². The van der Waals surface area contributed by atoms with Crippen LogP contribution in [0.5, 0.6) is 0 Å². The molecule has 1 saturated heterocycles. The van der Waals surface area contributed by atoms with Crippen molar-refractivity contribution in [2.75, 3.05) is 13.1 Å². The van der Waals surface area contributed by atoms with Crippen molar-refractivity contribution in [3.8, 4) is 6.07 Å². The standard InChI is InChI=1S/C14H24N2O2/c1-11(10-15)9-12-5-7-16(8-6-12)13(17)18-14(2,3)4/h11-12H,5-9H2,1-4H3/t11-/m0/s1. The van der Waals surface area contributed by atoms with E-state index < -0.39 is 5.60 Å². The molecule has 0 spiro atoms. The first-order chi connectivity index (χ1) is 8.31. The molecular formula is C14H24N2O2. The van der Waals surface area contributed by atoms with Crippen molar-refractivity contribution in [2.24, 2.45) is 11.8 Å². The lowest BCUT2D eigenvalue weighted by atomic mass is 9.88. The lowest BCUT2D eigenvalue weighted by Gasteiger charge is -2.33. The van der Waals surface area contributed by atoms with Crippen molar-refractivity contribution in [1.82, 2.24) is 4.90 Å². The second-order valence-corrected chi connectivity index (χ2v) is 6.18. The number of carbonyl (C=O) groups excluding carboxylic acids is 1. The first-order valence-electron chi connectivity index (χ1n) is 6.69. The van der Waals surface area contributed by atoms with Gasteiger partial charge in [0.1, 0.15) is 5.60 Å². The lowest BCUT2D eigenvalue weighted by Crippen LogP contribution is -2.41. The maximum Gasteiger partial charge on any atom is 0.410 e. The van der Waals surface area contributed by atoms with Crippen molar-refractivity contribution in [3.63, 3.8) is 0 Å². The Morgan fingerprint density at radius 3 is 2.44 bits per heavy atom. The third-order valence-corrected chi connectivity index (χ3v) is 3.17. The summed E-state index contributed by atoms with van der Waals surface area (Å²) in [6.45, 7) is 9.10. The van der Waals surface area contributed by atoms with Gasteiger partial charge in [0.05, 0.1) is 6.07 Å². The van der Waals surface area contributed by atoms with E-state index in [1.54, 1.807) is 4.90 Å². The molecule has 0 bridgehead atoms. The van der Waals surface area contributed by atoms with E-state index in [4.69, 9.17) is 10.00 Å². The Kier molecular flexibility index (Phi) is 5.01. The third-order valence-electron chi connectivity index (χ3n) is 3.17. The number of likely N-dealkylation sites (tertiary alicyclic amines) is 1. The predicted molar refractivity (Wildman–Crippen MR) is 69.9 cm³/mol. The van der Waals surface area contributed by atoms with E-state index in [2.05, 4.69) is 6.07 Å². The van der Waals surface area contributed by atoms with Gasteiger partial charge in [0.2, 0.25) is 0 Å². The smallest absolute Gasteiger partial charge is 0.410 e. The van der Waals surface area contributed by atoms with Gasteiger partial charge in [0.15, 0.2) is 0 Å². The van der Waals surface area contributed by atoms with Crippen molar-refractivity contribution in [1.29, 1.82) is 5.26 Å². The average Bonchev–Trinajstić information content (AvgIpc) is 2.27. The predicted octanol–water partition coefficient (Wildman–Crippen LogP) is 3.18. The molecule has 0 unspecified atom stereocenters. The summed E-state index contributed by atoms with van der Waals surface area (Å²) in [6.07, 6.45) is 2.68. The third kappa shape index (κ3) is 4.95. The number of piperidine rings is 1. The Hall–Kier alpha value is -1.24. The van der Waals surface area contributed by atoms with E-state index >= 15 is 0 Å². The highest BCUT2D eigenvalue weighted by Crippen LogP contribution is 2.24. The van der Waals surface area contributed by atoms with Crippen molar-refractivity contribution < 1.29 is 9.53 Å². The van der Waals surface area contributed by atoms with E-state index in [9.17, 15) is 4.79 Å². The van der Waals surface area contributed by atoms with Gasteiger partial charge < -0.3 is 9.64 Å². The fourth-order valence-corrected chi connectivity index (χ4v) is 2.23. The van der Waals surface area contributed by atoms with Gasteiger partial charge in [0, 0.05) is 19.0 Å². The van der Waals surface area contributed by atoms with Crippen LogP contribution in [0.2, 0.25) is 0 Å². The number of rotatable bonds is 2. The van der Waals surface area contributed by atoms with Crippen LogP contribution in [0.4, 0.5) is 4.79 Å². The highest BCUT2D eigenvalue weighted by molar-refractivity contribution is 5.68. The quantitative estimate of drug-likeness (QED) is 0.758. The average molecular weight is 252 g/mol. The lowest BCUT2D eigenvalue weighted by molar-refractivity contribution is 0.0178. The van der Waals surface area contributed by atoms with Crippen LogP contribution < -0.4 is 0 Å². The zero-order valence-electron chi connectivity index (χ0n) is 11.9. The van der Waals surface area contributed by atoms with Crippen molar-refractivity contribution in [2.45, 2.75) is 52.6 Å². The molecule has 4 heteroatoms. The summed E-state index contributed by atoms with van der Waals surface area (Å²) >= 11 is 0. The van der Waals surface area contributed by atoms with Gasteiger partial charge in [-0.2, -0.15) is 5.26 Å². The zero-order chi connectivity index (χ0) is 13.8. The minimum Gasteiger partial charge on any atom is -0.444 e. The van der Waals surface area contributed by atoms with Gasteiger partial charge in [-0.3, -0.25) is 0 Å². The number of ether oxygens (including phenoxy) is 1. The number of amides is 1. The molecule has 0 saturated carbocycles. The summed E-state index contributed by atoms with van der Waals surface area (Å²) in [6, 6.07) is 2.27. The molecule has 0 aromatic carbocycles. The molecule has 1 rings (SSSR count). The molecule has 1 aliphatic rings. The number of nitriles is 1. The monoisotopic (exact) mass is 252 g/mol. The van der Waals surface area contributed by atoms with Crippen LogP contribution in [0.3, 0.4) is 0 Å². The van der Waals surface area contributed by atoms with Crippen LogP contribution in [0.25, 0.3) is 0 Å². The molecule has 1 atom stereocenters. The zero-order valence-corrected chi connectivity index (χ0v) is 11.9. The number of nitrogens with zero attached hydrogens (tertiary/aromatic N) is 2.